The van der Waals surface area contributed by atoms with E-state index in [1.807, 2.05) is 36.6 Å². The molecule has 1 unspecified atom stereocenters. The van der Waals surface area contributed by atoms with E-state index in [2.05, 4.69) is 62.0 Å². The molecule has 6 rings (SSSR count). The number of hydrogen-bond acceptors (Lipinski definition) is 12. The van der Waals surface area contributed by atoms with Gasteiger partial charge < -0.3 is 34.3 Å². The predicted molar refractivity (Wildman–Crippen MR) is 199 cm³/mol. The van der Waals surface area contributed by atoms with E-state index >= 15 is 0 Å². The van der Waals surface area contributed by atoms with Crippen molar-refractivity contribution in [2.45, 2.75) is 89.4 Å². The van der Waals surface area contributed by atoms with Crippen LogP contribution >= 0.6 is 23.4 Å². The number of fused-ring (bicyclic) bond motifs is 2. The minimum Gasteiger partial charge on any atom is -0.467 e. The molecule has 278 valence electrons. The summed E-state index contributed by atoms with van der Waals surface area (Å²) < 4.78 is 31.3. The number of alkyl carbamates (subject to hydrolysis) is 1. The summed E-state index contributed by atoms with van der Waals surface area (Å²) in [4.78, 5) is 38.4. The molecule has 0 saturated carbocycles. The van der Waals surface area contributed by atoms with E-state index < -0.39 is 41.8 Å². The Kier molecular flexibility index (Phi) is 11.6. The predicted octanol–water partition coefficient (Wildman–Crippen LogP) is 6.41. The van der Waals surface area contributed by atoms with Crippen molar-refractivity contribution in [2.75, 3.05) is 30.5 Å². The molecule has 2 aromatic heterocycles. The van der Waals surface area contributed by atoms with Crippen molar-refractivity contribution >= 4 is 52.4 Å². The summed E-state index contributed by atoms with van der Waals surface area (Å²) in [6.07, 6.45) is 0.325. The molecule has 4 aromatic rings. The number of imidazole rings is 1. The fourth-order valence-electron chi connectivity index (χ4n) is 6.28. The van der Waals surface area contributed by atoms with Gasteiger partial charge in [0.1, 0.15) is 23.9 Å². The number of aromatic nitrogens is 4. The van der Waals surface area contributed by atoms with E-state index in [1.165, 1.54) is 23.8 Å². The summed E-state index contributed by atoms with van der Waals surface area (Å²) in [7, 11) is 1.29. The number of rotatable bonds is 13. The van der Waals surface area contributed by atoms with Crippen molar-refractivity contribution in [1.82, 2.24) is 24.8 Å². The maximum absolute atomic E-state index is 12.4. The minimum atomic E-state index is -0.855. The van der Waals surface area contributed by atoms with Crippen molar-refractivity contribution in [2.24, 2.45) is 0 Å². The molecule has 2 N–H and O–H groups in total. The molecule has 2 aliphatic rings. The topological polar surface area (TPSA) is 148 Å². The van der Waals surface area contributed by atoms with Crippen LogP contribution < -0.4 is 10.6 Å². The van der Waals surface area contributed by atoms with Crippen LogP contribution in [0, 0.1) is 0 Å². The molecule has 0 bridgehead atoms. The summed E-state index contributed by atoms with van der Waals surface area (Å²) in [6, 6.07) is 18.0. The fraction of sp³-hybridized carbons (Fsp3) is 0.486. The smallest absolute Gasteiger partial charge is 0.408 e. The normalized spacial score (nSPS) is 21.4. The van der Waals surface area contributed by atoms with Crippen LogP contribution in [0.1, 0.15) is 52.8 Å². The monoisotopic (exact) mass is 752 g/mol. The van der Waals surface area contributed by atoms with Gasteiger partial charge >= 0.3 is 12.1 Å². The van der Waals surface area contributed by atoms with Gasteiger partial charge in [0.2, 0.25) is 5.28 Å². The summed E-state index contributed by atoms with van der Waals surface area (Å²) in [5, 5.41) is 6.09. The molecule has 2 saturated heterocycles. The fourth-order valence-corrected chi connectivity index (χ4v) is 7.51. The number of benzene rings is 2. The second-order valence-corrected chi connectivity index (χ2v) is 15.6. The zero-order valence-electron chi connectivity index (χ0n) is 30.1. The van der Waals surface area contributed by atoms with Crippen molar-refractivity contribution in [1.29, 1.82) is 0 Å². The van der Waals surface area contributed by atoms with E-state index in [9.17, 15) is 9.59 Å². The number of methoxy groups -OCH3 is 1. The number of amides is 1. The zero-order chi connectivity index (χ0) is 37.0. The number of hydrogen-bond donors (Lipinski definition) is 2. The van der Waals surface area contributed by atoms with Gasteiger partial charge in [0.15, 0.2) is 29.0 Å². The van der Waals surface area contributed by atoms with Crippen LogP contribution in [-0.4, -0.2) is 92.5 Å². The molecular formula is C37H45ClN6O7S. The van der Waals surface area contributed by atoms with Gasteiger partial charge in [-0.25, -0.2) is 14.6 Å². The van der Waals surface area contributed by atoms with E-state index in [-0.39, 0.29) is 17.5 Å². The highest BCUT2D eigenvalue weighted by molar-refractivity contribution is 7.99. The van der Waals surface area contributed by atoms with Crippen LogP contribution in [0.15, 0.2) is 60.9 Å². The second kappa shape index (κ2) is 16.0. The van der Waals surface area contributed by atoms with Gasteiger partial charge in [0, 0.05) is 12.3 Å². The lowest BCUT2D eigenvalue weighted by Gasteiger charge is -2.25. The third-order valence-corrected chi connectivity index (χ3v) is 9.83. The lowest BCUT2D eigenvalue weighted by atomic mass is 10.0. The minimum absolute atomic E-state index is 0.0784. The molecule has 5 atom stereocenters. The Labute approximate surface area is 312 Å². The first-order chi connectivity index (χ1) is 24.8. The van der Waals surface area contributed by atoms with Crippen LogP contribution in [-0.2, 0) is 34.9 Å². The van der Waals surface area contributed by atoms with Crippen LogP contribution in [0.5, 0.6) is 0 Å². The van der Waals surface area contributed by atoms with Gasteiger partial charge in [-0.1, -0.05) is 54.6 Å². The number of esters is 1. The van der Waals surface area contributed by atoms with E-state index in [1.54, 1.807) is 38.9 Å². The summed E-state index contributed by atoms with van der Waals surface area (Å²) in [5.74, 6) is 0.226. The Hall–Kier alpha value is -3.95. The Balaban J connectivity index is 1.10. The maximum Gasteiger partial charge on any atom is 0.408 e. The SMILES string of the molecule is COC(=O)C(CCSC[C@H]1O[C@@H](n2cnc3c(NCCc4ccc(-c5ccccc5)cc4)nc(Cl)nc32)[C@@H]2OC(C)(C)O[C@H]21)NC(=O)OC(C)(C)C. The van der Waals surface area contributed by atoms with Gasteiger partial charge in [0.25, 0.3) is 0 Å². The first-order valence-electron chi connectivity index (χ1n) is 17.2. The molecule has 2 aliphatic heterocycles. The molecule has 4 heterocycles. The molecular weight excluding hydrogens is 708 g/mol. The highest BCUT2D eigenvalue weighted by Gasteiger charge is 2.56. The summed E-state index contributed by atoms with van der Waals surface area (Å²) in [5.41, 5.74) is 3.91. The Morgan fingerprint density at radius 3 is 2.46 bits per heavy atom. The number of ether oxygens (including phenoxy) is 5. The second-order valence-electron chi connectivity index (χ2n) is 14.1. The molecule has 13 nitrogen and oxygen atoms in total. The third kappa shape index (κ3) is 9.15. The van der Waals surface area contributed by atoms with Crippen molar-refractivity contribution in [3.63, 3.8) is 0 Å². The maximum atomic E-state index is 12.4. The Morgan fingerprint density at radius 2 is 1.75 bits per heavy atom. The van der Waals surface area contributed by atoms with Gasteiger partial charge in [-0.15, -0.1) is 0 Å². The molecule has 0 aliphatic carbocycles. The van der Waals surface area contributed by atoms with Gasteiger partial charge in [0.05, 0.1) is 19.5 Å². The lowest BCUT2D eigenvalue weighted by molar-refractivity contribution is -0.193. The number of carbonyl (C=O) groups is 2. The molecule has 0 spiro atoms. The van der Waals surface area contributed by atoms with Crippen LogP contribution in [0.3, 0.4) is 0 Å². The van der Waals surface area contributed by atoms with Crippen molar-refractivity contribution in [3.8, 4) is 11.1 Å². The van der Waals surface area contributed by atoms with Gasteiger partial charge in [-0.3, -0.25) is 4.57 Å². The van der Waals surface area contributed by atoms with E-state index in [0.717, 1.165) is 6.42 Å². The van der Waals surface area contributed by atoms with Crippen molar-refractivity contribution < 1.29 is 33.3 Å². The number of nitrogens with one attached hydrogen (secondary N) is 2. The molecule has 52 heavy (non-hydrogen) atoms. The highest BCUT2D eigenvalue weighted by Crippen LogP contribution is 2.44. The number of halogens is 1. The molecule has 15 heteroatoms. The van der Waals surface area contributed by atoms with Crippen LogP contribution in [0.25, 0.3) is 22.3 Å². The average Bonchev–Trinajstić information content (AvgIpc) is 3.76. The lowest BCUT2D eigenvalue weighted by Crippen LogP contribution is -2.44. The summed E-state index contributed by atoms with van der Waals surface area (Å²) in [6.45, 7) is 9.62. The molecule has 2 aromatic carbocycles. The van der Waals surface area contributed by atoms with Gasteiger partial charge in [-0.05, 0) is 81.5 Å². The van der Waals surface area contributed by atoms with Crippen LogP contribution in [0.4, 0.5) is 10.6 Å². The largest absolute Gasteiger partial charge is 0.467 e. The number of carbonyl (C=O) groups excluding carboxylic acids is 2. The zero-order valence-corrected chi connectivity index (χ0v) is 31.7. The first-order valence-corrected chi connectivity index (χ1v) is 18.8. The Morgan fingerprint density at radius 1 is 1.04 bits per heavy atom. The van der Waals surface area contributed by atoms with Crippen LogP contribution in [0.2, 0.25) is 5.28 Å². The van der Waals surface area contributed by atoms with Crippen molar-refractivity contribution in [3.05, 3.63) is 71.8 Å². The highest BCUT2D eigenvalue weighted by atomic mass is 35.5. The number of thioether (sulfide) groups is 1. The molecule has 1 amide bonds. The molecule has 2 fully saturated rings. The van der Waals surface area contributed by atoms with Gasteiger partial charge in [-0.2, -0.15) is 21.7 Å². The average molecular weight is 753 g/mol. The third-order valence-electron chi connectivity index (χ3n) is 8.57. The van der Waals surface area contributed by atoms with E-state index in [4.69, 9.17) is 35.3 Å². The standard InChI is InChI=1S/C37H45ClN6O7S/c1-36(2,3)51-35(46)41-25(33(45)47-6)17-19-52-20-26-28-29(50-37(4,5)49-28)32(48-26)44-21-40-27-30(42-34(38)43-31(27)44)39-18-16-22-12-14-24(15-13-22)23-10-8-7-9-11-23/h7-15,21,25-26,28-29,32H,16-20H2,1-6H3,(H,41,46)(H,39,42,43)/t25?,26-,28+,29-,32-/m1/s1. The number of nitrogens with zero attached hydrogens (tertiary/aromatic N) is 4. The quantitative estimate of drug-likeness (QED) is 0.0884. The Bertz CT molecular complexity index is 1850. The summed E-state index contributed by atoms with van der Waals surface area (Å²) >= 11 is 8.02. The molecule has 0 radical (unpaired) electrons. The van der Waals surface area contributed by atoms with E-state index in [0.29, 0.717) is 41.5 Å². The first kappa shape index (κ1) is 37.8. The number of anilines is 1.